The Labute approximate surface area is 188 Å². The highest BCUT2D eigenvalue weighted by atomic mass is 16.5. The molecule has 5 nitrogen and oxygen atoms in total. The first-order valence-electron chi connectivity index (χ1n) is 10.8. The van der Waals surface area contributed by atoms with Crippen LogP contribution in [0.15, 0.2) is 77.8 Å². The van der Waals surface area contributed by atoms with E-state index in [4.69, 9.17) is 11.3 Å². The highest BCUT2D eigenvalue weighted by Gasteiger charge is 2.42. The molecule has 5 heteroatoms. The fourth-order valence-electron chi connectivity index (χ4n) is 4.70. The lowest BCUT2D eigenvalue weighted by Crippen LogP contribution is -2.51. The predicted octanol–water partition coefficient (Wildman–Crippen LogP) is 6.00. The molecule has 1 spiro atoms. The van der Waals surface area contributed by atoms with Gasteiger partial charge < -0.3 is 9.64 Å². The van der Waals surface area contributed by atoms with Crippen molar-refractivity contribution in [3.63, 3.8) is 0 Å². The van der Waals surface area contributed by atoms with Crippen LogP contribution >= 0.6 is 0 Å². The molecule has 0 N–H and O–H groups in total. The van der Waals surface area contributed by atoms with Crippen LogP contribution in [0.4, 0.5) is 11.4 Å². The highest BCUT2D eigenvalue weighted by molar-refractivity contribution is 6.06. The summed E-state index contributed by atoms with van der Waals surface area (Å²) in [7, 11) is 0. The summed E-state index contributed by atoms with van der Waals surface area (Å²) in [5, 5.41) is 9.36. The molecule has 0 bridgehead atoms. The van der Waals surface area contributed by atoms with Crippen LogP contribution in [0.1, 0.15) is 24.8 Å². The Balaban J connectivity index is 1.44. The van der Waals surface area contributed by atoms with Gasteiger partial charge in [0.15, 0.2) is 5.69 Å². The highest BCUT2D eigenvalue weighted by Crippen LogP contribution is 2.42. The van der Waals surface area contributed by atoms with Crippen molar-refractivity contribution in [1.82, 2.24) is 0 Å². The van der Waals surface area contributed by atoms with Gasteiger partial charge in [0.1, 0.15) is 11.4 Å². The van der Waals surface area contributed by atoms with Gasteiger partial charge in [-0.2, -0.15) is 10.3 Å². The Morgan fingerprint density at radius 2 is 1.75 bits per heavy atom. The van der Waals surface area contributed by atoms with E-state index in [1.807, 2.05) is 48.7 Å². The monoisotopic (exact) mass is 418 g/mol. The summed E-state index contributed by atoms with van der Waals surface area (Å²) in [5.41, 5.74) is 5.10. The van der Waals surface area contributed by atoms with Crippen LogP contribution < -0.4 is 9.64 Å². The van der Waals surface area contributed by atoms with Crippen molar-refractivity contribution in [2.75, 3.05) is 18.0 Å². The Kier molecular flexibility index (Phi) is 5.09. The second kappa shape index (κ2) is 8.21. The largest absolute Gasteiger partial charge is 0.486 e. The number of para-hydroxylation sites is 1. The van der Waals surface area contributed by atoms with Crippen molar-refractivity contribution in [2.24, 2.45) is 4.99 Å². The molecule has 1 saturated heterocycles. The molecule has 0 unspecified atom stereocenters. The number of aliphatic imine (C=N–C) groups is 1. The molecule has 3 aromatic carbocycles. The number of nitriles is 1. The molecule has 32 heavy (non-hydrogen) atoms. The molecule has 156 valence electrons. The molecular weight excluding hydrogens is 396 g/mol. The molecule has 5 rings (SSSR count). The van der Waals surface area contributed by atoms with Crippen molar-refractivity contribution >= 4 is 17.1 Å². The number of rotatable bonds is 2. The van der Waals surface area contributed by atoms with E-state index < -0.39 is 0 Å². The Morgan fingerprint density at radius 1 is 0.969 bits per heavy atom. The zero-order valence-corrected chi connectivity index (χ0v) is 17.7. The number of ether oxygens (including phenoxy) is 1. The second-order valence-electron chi connectivity index (χ2n) is 8.32. The van der Waals surface area contributed by atoms with Crippen molar-refractivity contribution < 1.29 is 4.74 Å². The van der Waals surface area contributed by atoms with Crippen LogP contribution in [0, 0.1) is 18.0 Å². The lowest BCUT2D eigenvalue weighted by Gasteiger charge is -2.45. The van der Waals surface area contributed by atoms with Gasteiger partial charge in [-0.25, -0.2) is 4.85 Å². The van der Waals surface area contributed by atoms with Gasteiger partial charge in [-0.15, -0.1) is 0 Å². The van der Waals surface area contributed by atoms with E-state index in [9.17, 15) is 5.26 Å². The fourth-order valence-corrected chi connectivity index (χ4v) is 4.70. The maximum atomic E-state index is 9.36. The molecular formula is C27H22N4O. The summed E-state index contributed by atoms with van der Waals surface area (Å²) < 4.78 is 6.59. The summed E-state index contributed by atoms with van der Waals surface area (Å²) in [6.07, 6.45) is 4.37. The number of nitrogens with zero attached hydrogens (tertiary/aromatic N) is 4. The number of anilines is 1. The topological polar surface area (TPSA) is 53.0 Å². The van der Waals surface area contributed by atoms with Crippen LogP contribution in [0.2, 0.25) is 0 Å². The summed E-state index contributed by atoms with van der Waals surface area (Å²) >= 11 is 0. The maximum absolute atomic E-state index is 9.36. The SMILES string of the molecule is [C-]#[N+]c1cccc(-c2ccc3c(c2)C(=NC#N)CC2(CCN(c4ccccc4)CC2)O3)c1. The quantitative estimate of drug-likeness (QED) is 0.379. The third-order valence-corrected chi connectivity index (χ3v) is 6.40. The van der Waals surface area contributed by atoms with Crippen LogP contribution in [0.3, 0.4) is 0 Å². The van der Waals surface area contributed by atoms with E-state index >= 15 is 0 Å². The lowest BCUT2D eigenvalue weighted by molar-refractivity contribution is 0.0450. The Morgan fingerprint density at radius 3 is 2.50 bits per heavy atom. The number of hydrogen-bond donors (Lipinski definition) is 0. The van der Waals surface area contributed by atoms with Crippen LogP contribution in [0.25, 0.3) is 16.0 Å². The average Bonchev–Trinajstić information content (AvgIpc) is 2.85. The summed E-state index contributed by atoms with van der Waals surface area (Å²) in [6.45, 7) is 9.07. The smallest absolute Gasteiger partial charge is 0.205 e. The molecule has 2 aliphatic heterocycles. The molecule has 3 aromatic rings. The van der Waals surface area contributed by atoms with E-state index in [2.05, 4.69) is 39.0 Å². The molecule has 0 aromatic heterocycles. The minimum atomic E-state index is -0.334. The van der Waals surface area contributed by atoms with Gasteiger partial charge in [-0.3, -0.25) is 0 Å². The lowest BCUT2D eigenvalue weighted by atomic mass is 9.81. The second-order valence-corrected chi connectivity index (χ2v) is 8.32. The predicted molar refractivity (Wildman–Crippen MR) is 126 cm³/mol. The first kappa shape index (κ1) is 19.8. The first-order valence-corrected chi connectivity index (χ1v) is 10.8. The van der Waals surface area contributed by atoms with Gasteiger partial charge in [0.2, 0.25) is 6.19 Å². The van der Waals surface area contributed by atoms with Crippen LogP contribution in [-0.4, -0.2) is 24.4 Å². The van der Waals surface area contributed by atoms with Crippen molar-refractivity contribution in [3.05, 3.63) is 89.8 Å². The number of benzene rings is 3. The number of piperidine rings is 1. The molecule has 2 aliphatic rings. The number of hydrogen-bond acceptors (Lipinski definition) is 4. The summed E-state index contributed by atoms with van der Waals surface area (Å²) in [6, 6.07) is 24.0. The van der Waals surface area contributed by atoms with Crippen molar-refractivity contribution in [2.45, 2.75) is 24.9 Å². The van der Waals surface area contributed by atoms with Crippen molar-refractivity contribution in [1.29, 1.82) is 5.26 Å². The van der Waals surface area contributed by atoms with Crippen molar-refractivity contribution in [3.8, 4) is 23.1 Å². The van der Waals surface area contributed by atoms with Gasteiger partial charge in [0.05, 0.1) is 12.3 Å². The van der Waals surface area contributed by atoms with Gasteiger partial charge in [0, 0.05) is 43.6 Å². The molecule has 1 fully saturated rings. The molecule has 0 radical (unpaired) electrons. The normalized spacial score (nSPS) is 17.8. The summed E-state index contributed by atoms with van der Waals surface area (Å²) in [4.78, 5) is 10.1. The minimum Gasteiger partial charge on any atom is -0.486 e. The maximum Gasteiger partial charge on any atom is 0.205 e. The number of fused-ring (bicyclic) bond motifs is 1. The third-order valence-electron chi connectivity index (χ3n) is 6.40. The molecule has 2 heterocycles. The van der Waals surface area contributed by atoms with E-state index in [0.29, 0.717) is 12.1 Å². The van der Waals surface area contributed by atoms with Crippen LogP contribution in [-0.2, 0) is 0 Å². The van der Waals surface area contributed by atoms with Gasteiger partial charge in [0.25, 0.3) is 0 Å². The molecule has 0 saturated carbocycles. The van der Waals surface area contributed by atoms with Gasteiger partial charge in [-0.05, 0) is 41.5 Å². The van der Waals surface area contributed by atoms with E-state index in [0.717, 1.165) is 54.1 Å². The third kappa shape index (κ3) is 3.70. The van der Waals surface area contributed by atoms with Crippen LogP contribution in [0.5, 0.6) is 5.75 Å². The fraction of sp³-hybridized carbons (Fsp3) is 0.222. The van der Waals surface area contributed by atoms with E-state index in [1.165, 1.54) is 5.69 Å². The first-order chi connectivity index (χ1) is 15.7. The molecule has 0 amide bonds. The summed E-state index contributed by atoms with van der Waals surface area (Å²) in [5.74, 6) is 0.781. The minimum absolute atomic E-state index is 0.334. The zero-order valence-electron chi connectivity index (χ0n) is 17.7. The molecule has 0 aliphatic carbocycles. The molecule has 0 atom stereocenters. The standard InChI is InChI=1S/C27H22N4O/c1-29-22-7-5-6-20(16-22)21-10-11-26-24(17-21)25(30-19-28)18-27(32-26)12-14-31(15-13-27)23-8-3-2-4-9-23/h2-11,16-17H,12-15,18H2. The van der Waals surface area contributed by atoms with Gasteiger partial charge >= 0.3 is 0 Å². The van der Waals surface area contributed by atoms with E-state index in [1.54, 1.807) is 6.07 Å². The van der Waals surface area contributed by atoms with E-state index in [-0.39, 0.29) is 5.60 Å². The zero-order chi connectivity index (χ0) is 22.0. The van der Waals surface area contributed by atoms with Gasteiger partial charge in [-0.1, -0.05) is 42.5 Å². The average molecular weight is 419 g/mol. The Hall–Kier alpha value is -4.09. The Bertz CT molecular complexity index is 1260.